The van der Waals surface area contributed by atoms with Gasteiger partial charge >= 0.3 is 6.18 Å². The van der Waals surface area contributed by atoms with E-state index in [1.807, 2.05) is 6.92 Å². The maximum absolute atomic E-state index is 12.8. The SMILES string of the molecule is C=CCCC(C)NC1CCCCC1C(F)(F)F. The van der Waals surface area contributed by atoms with Crippen molar-refractivity contribution in [1.82, 2.24) is 5.32 Å². The van der Waals surface area contributed by atoms with E-state index in [9.17, 15) is 13.2 Å². The molecule has 17 heavy (non-hydrogen) atoms. The highest BCUT2D eigenvalue weighted by molar-refractivity contribution is 4.87. The molecular formula is C13H22F3N. The molecule has 1 N–H and O–H groups in total. The van der Waals surface area contributed by atoms with Crippen LogP contribution in [0.1, 0.15) is 45.4 Å². The summed E-state index contributed by atoms with van der Waals surface area (Å²) in [6.45, 7) is 5.58. The molecule has 0 heterocycles. The lowest BCUT2D eigenvalue weighted by Crippen LogP contribution is -2.48. The molecule has 1 aliphatic rings. The molecule has 0 radical (unpaired) electrons. The van der Waals surface area contributed by atoms with Gasteiger partial charge in [0.05, 0.1) is 5.92 Å². The topological polar surface area (TPSA) is 12.0 Å². The molecule has 1 aliphatic carbocycles. The van der Waals surface area contributed by atoms with Gasteiger partial charge < -0.3 is 5.32 Å². The summed E-state index contributed by atoms with van der Waals surface area (Å²) < 4.78 is 38.5. The van der Waals surface area contributed by atoms with Crippen LogP contribution in [0.2, 0.25) is 0 Å². The summed E-state index contributed by atoms with van der Waals surface area (Å²) in [4.78, 5) is 0. The Morgan fingerprint density at radius 2 is 2.00 bits per heavy atom. The smallest absolute Gasteiger partial charge is 0.311 e. The third-order valence-corrected chi connectivity index (χ3v) is 3.49. The molecule has 0 aromatic heterocycles. The number of allylic oxidation sites excluding steroid dienone is 1. The van der Waals surface area contributed by atoms with Crippen molar-refractivity contribution in [3.63, 3.8) is 0 Å². The molecule has 1 nitrogen and oxygen atoms in total. The van der Waals surface area contributed by atoms with Gasteiger partial charge in [0.25, 0.3) is 0 Å². The van der Waals surface area contributed by atoms with Crippen LogP contribution in [0.25, 0.3) is 0 Å². The highest BCUT2D eigenvalue weighted by atomic mass is 19.4. The van der Waals surface area contributed by atoms with Crippen molar-refractivity contribution >= 4 is 0 Å². The van der Waals surface area contributed by atoms with Gasteiger partial charge in [0, 0.05) is 12.1 Å². The normalized spacial score (nSPS) is 27.8. The quantitative estimate of drug-likeness (QED) is 0.725. The van der Waals surface area contributed by atoms with Crippen LogP contribution >= 0.6 is 0 Å². The number of alkyl halides is 3. The summed E-state index contributed by atoms with van der Waals surface area (Å²) in [5, 5.41) is 3.14. The maximum atomic E-state index is 12.8. The van der Waals surface area contributed by atoms with Crippen LogP contribution in [0.3, 0.4) is 0 Å². The van der Waals surface area contributed by atoms with Crippen LogP contribution in [0, 0.1) is 5.92 Å². The lowest BCUT2D eigenvalue weighted by Gasteiger charge is -2.35. The summed E-state index contributed by atoms with van der Waals surface area (Å²) in [5.41, 5.74) is 0. The van der Waals surface area contributed by atoms with Gasteiger partial charge in [0.1, 0.15) is 0 Å². The van der Waals surface area contributed by atoms with Crippen molar-refractivity contribution in [2.24, 2.45) is 5.92 Å². The van der Waals surface area contributed by atoms with Gasteiger partial charge in [-0.15, -0.1) is 6.58 Å². The van der Waals surface area contributed by atoms with Crippen molar-refractivity contribution in [2.45, 2.75) is 63.7 Å². The van der Waals surface area contributed by atoms with Gasteiger partial charge in [-0.25, -0.2) is 0 Å². The molecule has 1 fully saturated rings. The summed E-state index contributed by atoms with van der Waals surface area (Å²) in [7, 11) is 0. The van der Waals surface area contributed by atoms with E-state index >= 15 is 0 Å². The number of nitrogens with one attached hydrogen (secondary N) is 1. The Hall–Kier alpha value is -0.510. The molecule has 0 aliphatic heterocycles. The van der Waals surface area contributed by atoms with Gasteiger partial charge in [-0.3, -0.25) is 0 Å². The summed E-state index contributed by atoms with van der Waals surface area (Å²) in [5.74, 6) is -1.16. The van der Waals surface area contributed by atoms with Crippen LogP contribution in [0.4, 0.5) is 13.2 Å². The Labute approximate surface area is 101 Å². The third kappa shape index (κ3) is 4.70. The van der Waals surface area contributed by atoms with Crippen LogP contribution in [0.15, 0.2) is 12.7 Å². The minimum absolute atomic E-state index is 0.126. The Bertz CT molecular complexity index is 237. The highest BCUT2D eigenvalue weighted by Crippen LogP contribution is 2.37. The number of hydrogen-bond acceptors (Lipinski definition) is 1. The molecular weight excluding hydrogens is 227 g/mol. The van der Waals surface area contributed by atoms with E-state index < -0.39 is 18.1 Å². The molecule has 1 saturated carbocycles. The van der Waals surface area contributed by atoms with E-state index in [0.29, 0.717) is 12.8 Å². The monoisotopic (exact) mass is 249 g/mol. The Morgan fingerprint density at radius 1 is 1.35 bits per heavy atom. The van der Waals surface area contributed by atoms with Crippen LogP contribution in [0.5, 0.6) is 0 Å². The fraction of sp³-hybridized carbons (Fsp3) is 0.846. The molecule has 3 atom stereocenters. The van der Waals surface area contributed by atoms with Crippen LogP contribution in [-0.4, -0.2) is 18.3 Å². The van der Waals surface area contributed by atoms with Gasteiger partial charge in [-0.1, -0.05) is 18.9 Å². The second kappa shape index (κ2) is 6.43. The van der Waals surface area contributed by atoms with Crippen LogP contribution < -0.4 is 5.32 Å². The molecule has 3 unspecified atom stereocenters. The van der Waals surface area contributed by atoms with Gasteiger partial charge in [-0.05, 0) is 32.6 Å². The molecule has 0 saturated heterocycles. The summed E-state index contributed by atoms with van der Waals surface area (Å²) >= 11 is 0. The predicted octanol–water partition coefficient (Wildman–Crippen LogP) is 4.05. The van der Waals surface area contributed by atoms with Crippen molar-refractivity contribution < 1.29 is 13.2 Å². The molecule has 0 bridgehead atoms. The maximum Gasteiger partial charge on any atom is 0.393 e. The van der Waals surface area contributed by atoms with E-state index in [2.05, 4.69) is 11.9 Å². The molecule has 0 aromatic rings. The highest BCUT2D eigenvalue weighted by Gasteiger charge is 2.45. The summed E-state index contributed by atoms with van der Waals surface area (Å²) in [6.07, 6.45) is 1.96. The first-order valence-electron chi connectivity index (χ1n) is 6.38. The Kier molecular flexibility index (Phi) is 5.50. The minimum Gasteiger partial charge on any atom is -0.311 e. The fourth-order valence-corrected chi connectivity index (χ4v) is 2.54. The zero-order valence-corrected chi connectivity index (χ0v) is 10.4. The van der Waals surface area contributed by atoms with E-state index in [4.69, 9.17) is 0 Å². The average molecular weight is 249 g/mol. The molecule has 1 rings (SSSR count). The zero-order valence-electron chi connectivity index (χ0n) is 10.4. The van der Waals surface area contributed by atoms with Crippen LogP contribution in [-0.2, 0) is 0 Å². The Morgan fingerprint density at radius 3 is 2.59 bits per heavy atom. The van der Waals surface area contributed by atoms with Gasteiger partial charge in [0.2, 0.25) is 0 Å². The zero-order chi connectivity index (χ0) is 12.9. The van der Waals surface area contributed by atoms with E-state index in [1.165, 1.54) is 0 Å². The second-order valence-electron chi connectivity index (χ2n) is 4.97. The molecule has 0 amide bonds. The lowest BCUT2D eigenvalue weighted by atomic mass is 9.83. The van der Waals surface area contributed by atoms with E-state index in [1.54, 1.807) is 6.08 Å². The van der Waals surface area contributed by atoms with Crippen molar-refractivity contribution in [2.75, 3.05) is 0 Å². The first-order chi connectivity index (χ1) is 7.95. The standard InChI is InChI=1S/C13H22F3N/c1-3-4-7-10(2)17-12-9-6-5-8-11(12)13(14,15)16/h3,10-12,17H,1,4-9H2,2H3. The predicted molar refractivity (Wildman–Crippen MR) is 63.8 cm³/mol. The average Bonchev–Trinajstić information content (AvgIpc) is 2.25. The van der Waals surface area contributed by atoms with Crippen molar-refractivity contribution in [1.29, 1.82) is 0 Å². The molecule has 100 valence electrons. The van der Waals surface area contributed by atoms with Gasteiger partial charge in [-0.2, -0.15) is 13.2 Å². The fourth-order valence-electron chi connectivity index (χ4n) is 2.54. The minimum atomic E-state index is -4.06. The first kappa shape index (κ1) is 14.6. The van der Waals surface area contributed by atoms with Crippen molar-refractivity contribution in [3.05, 3.63) is 12.7 Å². The third-order valence-electron chi connectivity index (χ3n) is 3.49. The molecule has 4 heteroatoms. The first-order valence-corrected chi connectivity index (χ1v) is 6.38. The number of halogens is 3. The second-order valence-corrected chi connectivity index (χ2v) is 4.97. The van der Waals surface area contributed by atoms with E-state index in [0.717, 1.165) is 19.3 Å². The van der Waals surface area contributed by atoms with Gasteiger partial charge in [0.15, 0.2) is 0 Å². The number of hydrogen-bond donors (Lipinski definition) is 1. The van der Waals surface area contributed by atoms with E-state index in [-0.39, 0.29) is 12.5 Å². The molecule has 0 aromatic carbocycles. The van der Waals surface area contributed by atoms with Crippen molar-refractivity contribution in [3.8, 4) is 0 Å². The number of rotatable bonds is 5. The summed E-state index contributed by atoms with van der Waals surface area (Å²) in [6, 6.07) is -0.274. The Balaban J connectivity index is 2.50. The lowest BCUT2D eigenvalue weighted by molar-refractivity contribution is -0.189. The molecule has 0 spiro atoms. The largest absolute Gasteiger partial charge is 0.393 e.